The normalized spacial score (nSPS) is 17.1. The second-order valence-corrected chi connectivity index (χ2v) is 8.77. The molecule has 202 valence electrons. The highest BCUT2D eigenvalue weighted by Gasteiger charge is 2.41. The molecule has 1 heterocycles. The molecule has 0 aromatic carbocycles. The number of cyclic esters (lactones) is 1. The van der Waals surface area contributed by atoms with Crippen LogP contribution in [0.3, 0.4) is 0 Å². The first-order valence-electron chi connectivity index (χ1n) is 12.7. The fourth-order valence-corrected chi connectivity index (χ4v) is 3.42. The lowest BCUT2D eigenvalue weighted by Gasteiger charge is -2.17. The SMILES string of the molecule is CCCCCCCC(=O)OCC(O)COC1=C(O)[C@@H]([C@@H](O)COC(=O)CCCCCCC)OC1=O. The average molecular weight is 503 g/mol. The molecule has 3 N–H and O–H groups in total. The van der Waals surface area contributed by atoms with Crippen LogP contribution >= 0.6 is 0 Å². The minimum absolute atomic E-state index is 0.221. The van der Waals surface area contributed by atoms with Crippen LogP contribution in [0.2, 0.25) is 0 Å². The Hall–Kier alpha value is -2.33. The van der Waals surface area contributed by atoms with Crippen LogP contribution in [-0.2, 0) is 33.3 Å². The maximum Gasteiger partial charge on any atom is 0.378 e. The Kier molecular flexibility index (Phi) is 15.8. The summed E-state index contributed by atoms with van der Waals surface area (Å²) in [5, 5.41) is 30.3. The number of unbranched alkanes of at least 4 members (excludes halogenated alkanes) is 8. The lowest BCUT2D eigenvalue weighted by atomic mass is 10.1. The Labute approximate surface area is 207 Å². The molecule has 1 aliphatic rings. The average Bonchev–Trinajstić information content (AvgIpc) is 3.12. The molecular formula is C25H42O10. The molecule has 0 bridgehead atoms. The third kappa shape index (κ3) is 12.8. The Morgan fingerprint density at radius 1 is 0.829 bits per heavy atom. The molecule has 0 fully saturated rings. The van der Waals surface area contributed by atoms with Crippen LogP contribution in [0.25, 0.3) is 0 Å². The van der Waals surface area contributed by atoms with E-state index in [0.717, 1.165) is 57.8 Å². The molecule has 10 nitrogen and oxygen atoms in total. The summed E-state index contributed by atoms with van der Waals surface area (Å²) in [5.74, 6) is -3.15. The number of esters is 3. The van der Waals surface area contributed by atoms with E-state index in [9.17, 15) is 29.7 Å². The van der Waals surface area contributed by atoms with E-state index in [2.05, 4.69) is 13.8 Å². The van der Waals surface area contributed by atoms with Crippen molar-refractivity contribution in [2.45, 2.75) is 109 Å². The zero-order valence-electron chi connectivity index (χ0n) is 21.0. The van der Waals surface area contributed by atoms with Crippen molar-refractivity contribution in [3.8, 4) is 0 Å². The third-order valence-corrected chi connectivity index (χ3v) is 5.51. The van der Waals surface area contributed by atoms with Crippen LogP contribution in [-0.4, -0.2) is 71.4 Å². The Bertz CT molecular complexity index is 675. The van der Waals surface area contributed by atoms with E-state index in [1.165, 1.54) is 0 Å². The molecule has 0 aliphatic carbocycles. The summed E-state index contributed by atoms with van der Waals surface area (Å²) in [6.07, 6.45) is 6.15. The van der Waals surface area contributed by atoms with Crippen molar-refractivity contribution in [3.05, 3.63) is 11.5 Å². The summed E-state index contributed by atoms with van der Waals surface area (Å²) in [6, 6.07) is 0. The molecule has 0 aromatic heterocycles. The molecule has 3 atom stereocenters. The molecule has 1 rings (SSSR count). The van der Waals surface area contributed by atoms with E-state index >= 15 is 0 Å². The fraction of sp³-hybridized carbons (Fsp3) is 0.800. The van der Waals surface area contributed by atoms with Gasteiger partial charge in [0.25, 0.3) is 0 Å². The first kappa shape index (κ1) is 30.7. The Balaban J connectivity index is 2.33. The second kappa shape index (κ2) is 18.0. The van der Waals surface area contributed by atoms with Crippen molar-refractivity contribution >= 4 is 17.9 Å². The lowest BCUT2D eigenvalue weighted by Crippen LogP contribution is -2.33. The predicted octanol–water partition coefficient (Wildman–Crippen LogP) is 3.23. The van der Waals surface area contributed by atoms with Crippen LogP contribution in [0.15, 0.2) is 11.5 Å². The standard InChI is InChI=1S/C25H42O10/c1-3-5-7-9-11-13-20(28)32-15-18(26)16-34-24-22(30)23(35-25(24)31)19(27)17-33-21(29)14-12-10-8-6-4-2/h18-19,23,26-27,30H,3-17H2,1-2H3/t18?,19-,23+/m0/s1. The van der Waals surface area contributed by atoms with Crippen LogP contribution < -0.4 is 0 Å². The van der Waals surface area contributed by atoms with Crippen molar-refractivity contribution in [3.63, 3.8) is 0 Å². The van der Waals surface area contributed by atoms with Crippen LogP contribution in [0.5, 0.6) is 0 Å². The first-order chi connectivity index (χ1) is 16.8. The smallest absolute Gasteiger partial charge is 0.378 e. The molecule has 35 heavy (non-hydrogen) atoms. The van der Waals surface area contributed by atoms with Gasteiger partial charge in [0.15, 0.2) is 11.9 Å². The van der Waals surface area contributed by atoms with Gasteiger partial charge >= 0.3 is 17.9 Å². The van der Waals surface area contributed by atoms with E-state index < -0.39 is 61.0 Å². The first-order valence-corrected chi connectivity index (χ1v) is 12.7. The van der Waals surface area contributed by atoms with E-state index in [1.807, 2.05) is 0 Å². The van der Waals surface area contributed by atoms with Crippen molar-refractivity contribution in [2.75, 3.05) is 19.8 Å². The summed E-state index contributed by atoms with van der Waals surface area (Å²) in [6.45, 7) is 2.99. The quantitative estimate of drug-likeness (QED) is 0.129. The number of rotatable bonds is 20. The van der Waals surface area contributed by atoms with Crippen LogP contribution in [0, 0.1) is 0 Å². The minimum Gasteiger partial charge on any atom is -0.505 e. The van der Waals surface area contributed by atoms with Gasteiger partial charge in [0.05, 0.1) is 0 Å². The molecule has 0 spiro atoms. The molecule has 10 heteroatoms. The minimum atomic E-state index is -1.48. The van der Waals surface area contributed by atoms with E-state index in [-0.39, 0.29) is 19.4 Å². The summed E-state index contributed by atoms with van der Waals surface area (Å²) in [7, 11) is 0. The largest absolute Gasteiger partial charge is 0.505 e. The summed E-state index contributed by atoms with van der Waals surface area (Å²) in [4.78, 5) is 35.5. The number of ether oxygens (including phenoxy) is 4. The highest BCUT2D eigenvalue weighted by molar-refractivity contribution is 5.89. The zero-order valence-corrected chi connectivity index (χ0v) is 21.0. The third-order valence-electron chi connectivity index (χ3n) is 5.51. The van der Waals surface area contributed by atoms with E-state index in [1.54, 1.807) is 0 Å². The van der Waals surface area contributed by atoms with Gasteiger partial charge in [-0.1, -0.05) is 65.2 Å². The van der Waals surface area contributed by atoms with Crippen molar-refractivity contribution in [1.82, 2.24) is 0 Å². The van der Waals surface area contributed by atoms with Crippen LogP contribution in [0.1, 0.15) is 90.9 Å². The summed E-state index contributed by atoms with van der Waals surface area (Å²) < 4.78 is 20.0. The molecule has 1 unspecified atom stereocenters. The number of aliphatic hydroxyl groups is 3. The molecule has 0 aromatic rings. The molecule has 0 radical (unpaired) electrons. The fourth-order valence-electron chi connectivity index (χ4n) is 3.42. The molecule has 0 amide bonds. The van der Waals surface area contributed by atoms with Gasteiger partial charge in [0, 0.05) is 12.8 Å². The van der Waals surface area contributed by atoms with Gasteiger partial charge in [0.2, 0.25) is 5.76 Å². The summed E-state index contributed by atoms with van der Waals surface area (Å²) in [5.41, 5.74) is 0. The second-order valence-electron chi connectivity index (χ2n) is 8.77. The number of aliphatic hydroxyl groups excluding tert-OH is 3. The topological polar surface area (TPSA) is 149 Å². The maximum atomic E-state index is 12.0. The van der Waals surface area contributed by atoms with Gasteiger partial charge in [0.1, 0.15) is 32.0 Å². The number of carbonyl (C=O) groups is 3. The highest BCUT2D eigenvalue weighted by Crippen LogP contribution is 2.24. The Morgan fingerprint density at radius 2 is 1.34 bits per heavy atom. The monoisotopic (exact) mass is 502 g/mol. The van der Waals surface area contributed by atoms with E-state index in [0.29, 0.717) is 6.42 Å². The summed E-state index contributed by atoms with van der Waals surface area (Å²) >= 11 is 0. The van der Waals surface area contributed by atoms with E-state index in [4.69, 9.17) is 18.9 Å². The van der Waals surface area contributed by atoms with Crippen LogP contribution in [0.4, 0.5) is 0 Å². The zero-order chi connectivity index (χ0) is 26.1. The maximum absolute atomic E-state index is 12.0. The van der Waals surface area contributed by atoms with Gasteiger partial charge in [-0.2, -0.15) is 0 Å². The number of hydrogen-bond acceptors (Lipinski definition) is 10. The van der Waals surface area contributed by atoms with Gasteiger partial charge in [-0.05, 0) is 12.8 Å². The number of hydrogen-bond donors (Lipinski definition) is 3. The van der Waals surface area contributed by atoms with Crippen molar-refractivity contribution < 1.29 is 48.7 Å². The molecule has 1 aliphatic heterocycles. The van der Waals surface area contributed by atoms with Gasteiger partial charge < -0.3 is 34.3 Å². The Morgan fingerprint density at radius 3 is 1.89 bits per heavy atom. The molecule has 0 saturated heterocycles. The molecular weight excluding hydrogens is 460 g/mol. The predicted molar refractivity (Wildman–Crippen MR) is 126 cm³/mol. The lowest BCUT2D eigenvalue weighted by molar-refractivity contribution is -0.155. The number of carbonyl (C=O) groups excluding carboxylic acids is 3. The molecule has 0 saturated carbocycles. The van der Waals surface area contributed by atoms with Crippen molar-refractivity contribution in [1.29, 1.82) is 0 Å². The highest BCUT2D eigenvalue weighted by atomic mass is 16.6. The van der Waals surface area contributed by atoms with Gasteiger partial charge in [-0.25, -0.2) is 4.79 Å². The van der Waals surface area contributed by atoms with Gasteiger partial charge in [-0.3, -0.25) is 9.59 Å². The van der Waals surface area contributed by atoms with Gasteiger partial charge in [-0.15, -0.1) is 0 Å². The van der Waals surface area contributed by atoms with Crippen molar-refractivity contribution in [2.24, 2.45) is 0 Å².